The molecule has 4 nitrogen and oxygen atoms in total. The van der Waals surface area contributed by atoms with Crippen LogP contribution in [-0.4, -0.2) is 23.6 Å². The smallest absolute Gasteiger partial charge is 0.226 e. The molecule has 20 heavy (non-hydrogen) atoms. The maximum Gasteiger partial charge on any atom is 0.226 e. The number of nitrogens with one attached hydrogen (secondary N) is 1. The number of ether oxygens (including phenoxy) is 1. The summed E-state index contributed by atoms with van der Waals surface area (Å²) in [5.41, 5.74) is 1.87. The van der Waals surface area contributed by atoms with Crippen LogP contribution in [0, 0.1) is 18.8 Å². The number of hydrogen-bond acceptors (Lipinski definition) is 3. The monoisotopic (exact) mass is 276 g/mol. The van der Waals surface area contributed by atoms with Gasteiger partial charge in [-0.15, -0.1) is 0 Å². The topological polar surface area (TPSA) is 51.2 Å². The van der Waals surface area contributed by atoms with Crippen LogP contribution in [0.15, 0.2) is 18.2 Å². The van der Waals surface area contributed by atoms with Crippen molar-refractivity contribution in [1.29, 1.82) is 0 Å². The van der Waals surface area contributed by atoms with Gasteiger partial charge in [-0.2, -0.15) is 0 Å². The van der Waals surface area contributed by atoms with E-state index in [0.717, 1.165) is 30.8 Å². The molecule has 0 aliphatic carbocycles. The van der Waals surface area contributed by atoms with Crippen LogP contribution in [0.5, 0.6) is 0 Å². The van der Waals surface area contributed by atoms with Crippen molar-refractivity contribution in [1.82, 2.24) is 10.3 Å². The second-order valence-corrected chi connectivity index (χ2v) is 5.82. The maximum absolute atomic E-state index is 12.4. The van der Waals surface area contributed by atoms with Crippen LogP contribution in [-0.2, 0) is 16.1 Å². The SMILES string of the molecule is Cc1cccc(CNC(=O)[C@H]2CCCO[C@H]2C(C)C)n1. The normalized spacial score (nSPS) is 22.8. The minimum absolute atomic E-state index is 0.0337. The van der Waals surface area contributed by atoms with Gasteiger partial charge < -0.3 is 10.1 Å². The molecule has 110 valence electrons. The van der Waals surface area contributed by atoms with E-state index in [4.69, 9.17) is 4.74 Å². The van der Waals surface area contributed by atoms with Crippen molar-refractivity contribution in [3.05, 3.63) is 29.6 Å². The van der Waals surface area contributed by atoms with Gasteiger partial charge in [-0.1, -0.05) is 19.9 Å². The quantitative estimate of drug-likeness (QED) is 0.919. The number of aromatic nitrogens is 1. The van der Waals surface area contributed by atoms with Gasteiger partial charge in [0.25, 0.3) is 0 Å². The lowest BCUT2D eigenvalue weighted by molar-refractivity contribution is -0.137. The lowest BCUT2D eigenvalue weighted by Crippen LogP contribution is -2.43. The Morgan fingerprint density at radius 3 is 3.00 bits per heavy atom. The van der Waals surface area contributed by atoms with Crippen molar-refractivity contribution in [2.45, 2.75) is 46.3 Å². The zero-order valence-electron chi connectivity index (χ0n) is 12.6. The summed E-state index contributed by atoms with van der Waals surface area (Å²) in [6.07, 6.45) is 1.91. The molecular formula is C16H24N2O2. The van der Waals surface area contributed by atoms with Crippen LogP contribution in [0.3, 0.4) is 0 Å². The molecule has 1 aliphatic heterocycles. The van der Waals surface area contributed by atoms with Gasteiger partial charge in [-0.25, -0.2) is 0 Å². The van der Waals surface area contributed by atoms with Gasteiger partial charge in [0.2, 0.25) is 5.91 Å². The largest absolute Gasteiger partial charge is 0.377 e. The molecule has 2 rings (SSSR count). The highest BCUT2D eigenvalue weighted by atomic mass is 16.5. The Labute approximate surface area is 120 Å². The molecule has 0 bridgehead atoms. The third-order valence-electron chi connectivity index (χ3n) is 3.75. The van der Waals surface area contributed by atoms with E-state index in [-0.39, 0.29) is 17.9 Å². The van der Waals surface area contributed by atoms with Crippen LogP contribution in [0.4, 0.5) is 0 Å². The Balaban J connectivity index is 1.93. The number of carbonyl (C=O) groups is 1. The molecule has 4 heteroatoms. The van der Waals surface area contributed by atoms with Crippen molar-refractivity contribution in [3.8, 4) is 0 Å². The summed E-state index contributed by atoms with van der Waals surface area (Å²) < 4.78 is 5.77. The van der Waals surface area contributed by atoms with Crippen molar-refractivity contribution in [3.63, 3.8) is 0 Å². The fourth-order valence-corrected chi connectivity index (χ4v) is 2.75. The molecule has 1 aromatic heterocycles. The Kier molecular flexibility index (Phi) is 5.12. The van der Waals surface area contributed by atoms with E-state index in [9.17, 15) is 4.79 Å². The zero-order chi connectivity index (χ0) is 14.5. The number of aryl methyl sites for hydroxylation is 1. The zero-order valence-corrected chi connectivity index (χ0v) is 12.6. The summed E-state index contributed by atoms with van der Waals surface area (Å²) in [5.74, 6) is 0.420. The molecule has 2 heterocycles. The Hall–Kier alpha value is -1.42. The van der Waals surface area contributed by atoms with E-state index < -0.39 is 0 Å². The lowest BCUT2D eigenvalue weighted by Gasteiger charge is -2.33. The van der Waals surface area contributed by atoms with Gasteiger partial charge in [0.05, 0.1) is 24.3 Å². The second kappa shape index (κ2) is 6.84. The van der Waals surface area contributed by atoms with Gasteiger partial charge in [0.15, 0.2) is 0 Å². The molecule has 0 spiro atoms. The first kappa shape index (κ1) is 15.0. The molecule has 0 saturated carbocycles. The average molecular weight is 276 g/mol. The molecule has 1 amide bonds. The highest BCUT2D eigenvalue weighted by Gasteiger charge is 2.33. The maximum atomic E-state index is 12.4. The van der Waals surface area contributed by atoms with Gasteiger partial charge in [0.1, 0.15) is 0 Å². The molecule has 1 fully saturated rings. The summed E-state index contributed by atoms with van der Waals surface area (Å²) >= 11 is 0. The second-order valence-electron chi connectivity index (χ2n) is 5.82. The average Bonchev–Trinajstić information content (AvgIpc) is 2.45. The van der Waals surface area contributed by atoms with Crippen LogP contribution >= 0.6 is 0 Å². The predicted molar refractivity (Wildman–Crippen MR) is 78.1 cm³/mol. The van der Waals surface area contributed by atoms with Crippen LogP contribution in [0.1, 0.15) is 38.1 Å². The van der Waals surface area contributed by atoms with E-state index in [0.29, 0.717) is 12.5 Å². The molecule has 0 unspecified atom stereocenters. The summed E-state index contributed by atoms with van der Waals surface area (Å²) in [6, 6.07) is 5.85. The minimum Gasteiger partial charge on any atom is -0.377 e. The first-order valence-corrected chi connectivity index (χ1v) is 7.40. The number of pyridine rings is 1. The Morgan fingerprint density at radius 2 is 2.30 bits per heavy atom. The fraction of sp³-hybridized carbons (Fsp3) is 0.625. The number of carbonyl (C=O) groups excluding carboxylic acids is 1. The van der Waals surface area contributed by atoms with E-state index in [1.54, 1.807) is 0 Å². The molecule has 1 aliphatic rings. The molecule has 0 aromatic carbocycles. The summed E-state index contributed by atoms with van der Waals surface area (Å²) in [4.78, 5) is 16.8. The standard InChI is InChI=1S/C16H24N2O2/c1-11(2)15-14(8-5-9-20-15)16(19)17-10-13-7-4-6-12(3)18-13/h4,6-7,11,14-15H,5,8-10H2,1-3H3,(H,17,19)/t14-,15-/m0/s1. The molecular weight excluding hydrogens is 252 g/mol. The fourth-order valence-electron chi connectivity index (χ4n) is 2.75. The van der Waals surface area contributed by atoms with Gasteiger partial charge in [0, 0.05) is 12.3 Å². The molecule has 1 N–H and O–H groups in total. The van der Waals surface area contributed by atoms with Crippen molar-refractivity contribution < 1.29 is 9.53 Å². The van der Waals surface area contributed by atoms with Crippen molar-refractivity contribution in [2.75, 3.05) is 6.61 Å². The highest BCUT2D eigenvalue weighted by Crippen LogP contribution is 2.26. The summed E-state index contributed by atoms with van der Waals surface area (Å²) in [6.45, 7) is 7.43. The van der Waals surface area contributed by atoms with E-state index in [2.05, 4.69) is 24.1 Å². The van der Waals surface area contributed by atoms with Gasteiger partial charge in [-0.05, 0) is 37.8 Å². The summed E-state index contributed by atoms with van der Waals surface area (Å²) in [7, 11) is 0. The summed E-state index contributed by atoms with van der Waals surface area (Å²) in [5, 5.41) is 3.00. The first-order valence-electron chi connectivity index (χ1n) is 7.40. The molecule has 1 saturated heterocycles. The van der Waals surface area contributed by atoms with Crippen molar-refractivity contribution in [2.24, 2.45) is 11.8 Å². The predicted octanol–water partition coefficient (Wildman–Crippen LogP) is 2.46. The van der Waals surface area contributed by atoms with Crippen LogP contribution < -0.4 is 5.32 Å². The third kappa shape index (κ3) is 3.79. The van der Waals surface area contributed by atoms with E-state index in [1.807, 2.05) is 25.1 Å². The third-order valence-corrected chi connectivity index (χ3v) is 3.75. The van der Waals surface area contributed by atoms with E-state index >= 15 is 0 Å². The Bertz CT molecular complexity index is 460. The van der Waals surface area contributed by atoms with Crippen molar-refractivity contribution >= 4 is 5.91 Å². The molecule has 0 radical (unpaired) electrons. The minimum atomic E-state index is -0.0337. The molecule has 2 atom stereocenters. The Morgan fingerprint density at radius 1 is 1.50 bits per heavy atom. The molecule has 1 aromatic rings. The van der Waals surface area contributed by atoms with Gasteiger partial charge in [-0.3, -0.25) is 9.78 Å². The van der Waals surface area contributed by atoms with Crippen LogP contribution in [0.2, 0.25) is 0 Å². The lowest BCUT2D eigenvalue weighted by atomic mass is 9.87. The van der Waals surface area contributed by atoms with Gasteiger partial charge >= 0.3 is 0 Å². The highest BCUT2D eigenvalue weighted by molar-refractivity contribution is 5.79. The number of hydrogen-bond donors (Lipinski definition) is 1. The van der Waals surface area contributed by atoms with E-state index in [1.165, 1.54) is 0 Å². The number of nitrogens with zero attached hydrogens (tertiary/aromatic N) is 1. The first-order chi connectivity index (χ1) is 9.58. The number of rotatable bonds is 4. The number of amides is 1. The van der Waals surface area contributed by atoms with Crippen LogP contribution in [0.25, 0.3) is 0 Å².